The largest absolute Gasteiger partial charge is 0.493 e. The lowest BCUT2D eigenvalue weighted by Crippen LogP contribution is -2.29. The van der Waals surface area contributed by atoms with Crippen LogP contribution in [0.1, 0.15) is 15.9 Å². The lowest BCUT2D eigenvalue weighted by Gasteiger charge is -2.12. The third kappa shape index (κ3) is 5.05. The van der Waals surface area contributed by atoms with Crippen molar-refractivity contribution in [1.82, 2.24) is 15.3 Å². The zero-order valence-electron chi connectivity index (χ0n) is 16.7. The number of carbonyl (C=O) groups is 1. The minimum atomic E-state index is -4.45. The van der Waals surface area contributed by atoms with E-state index in [9.17, 15) is 18.0 Å². The number of halogens is 3. The molecule has 0 aliphatic carbocycles. The van der Waals surface area contributed by atoms with Crippen molar-refractivity contribution in [2.24, 2.45) is 0 Å². The van der Waals surface area contributed by atoms with Crippen LogP contribution in [0.4, 0.5) is 24.9 Å². The molecule has 164 valence electrons. The quantitative estimate of drug-likeness (QED) is 0.489. The van der Waals surface area contributed by atoms with Crippen molar-refractivity contribution in [2.75, 3.05) is 38.4 Å². The highest BCUT2D eigenvalue weighted by molar-refractivity contribution is 5.94. The van der Waals surface area contributed by atoms with Gasteiger partial charge in [-0.2, -0.15) is 18.2 Å². The van der Waals surface area contributed by atoms with E-state index in [4.69, 9.17) is 15.2 Å². The summed E-state index contributed by atoms with van der Waals surface area (Å²) in [4.78, 5) is 20.6. The Bertz CT molecular complexity index is 1090. The summed E-state index contributed by atoms with van der Waals surface area (Å²) in [6, 6.07) is 7.33. The van der Waals surface area contributed by atoms with Crippen LogP contribution in [-0.2, 0) is 6.18 Å². The van der Waals surface area contributed by atoms with Crippen LogP contribution in [0.5, 0.6) is 11.5 Å². The van der Waals surface area contributed by atoms with Gasteiger partial charge in [-0.3, -0.25) is 4.79 Å². The number of anilines is 2. The zero-order chi connectivity index (χ0) is 22.6. The molecule has 0 unspecified atom stereocenters. The molecule has 0 radical (unpaired) electrons. The third-order valence-corrected chi connectivity index (χ3v) is 4.40. The van der Waals surface area contributed by atoms with E-state index < -0.39 is 17.6 Å². The lowest BCUT2D eigenvalue weighted by molar-refractivity contribution is -0.137. The van der Waals surface area contributed by atoms with Crippen LogP contribution in [0.2, 0.25) is 0 Å². The number of hydrogen-bond donors (Lipinski definition) is 3. The molecule has 0 saturated carbocycles. The Kier molecular flexibility index (Phi) is 6.33. The molecular weight excluding hydrogens is 415 g/mol. The highest BCUT2D eigenvalue weighted by Gasteiger charge is 2.30. The number of nitrogens with one attached hydrogen (secondary N) is 2. The van der Waals surface area contributed by atoms with Crippen molar-refractivity contribution in [1.29, 1.82) is 0 Å². The number of nitrogens with two attached hydrogens (primary N) is 1. The Morgan fingerprint density at radius 3 is 2.29 bits per heavy atom. The molecule has 1 aromatic heterocycles. The predicted octanol–water partition coefficient (Wildman–Crippen LogP) is 3.09. The number of methoxy groups -OCH3 is 2. The van der Waals surface area contributed by atoms with Crippen molar-refractivity contribution < 1.29 is 27.4 Å². The van der Waals surface area contributed by atoms with E-state index in [2.05, 4.69) is 20.6 Å². The molecule has 3 rings (SSSR count). The minimum Gasteiger partial charge on any atom is -0.493 e. The first-order chi connectivity index (χ1) is 14.7. The summed E-state index contributed by atoms with van der Waals surface area (Å²) in [7, 11) is 3.02. The molecule has 4 N–H and O–H groups in total. The number of ether oxygens (including phenoxy) is 2. The summed E-state index contributed by atoms with van der Waals surface area (Å²) in [6.07, 6.45) is -4.45. The number of alkyl halides is 3. The predicted molar refractivity (Wildman–Crippen MR) is 109 cm³/mol. The second-order valence-electron chi connectivity index (χ2n) is 6.41. The molecule has 0 spiro atoms. The fourth-order valence-corrected chi connectivity index (χ4v) is 2.82. The Morgan fingerprint density at radius 1 is 1.03 bits per heavy atom. The first-order valence-electron chi connectivity index (χ1n) is 9.11. The number of nitrogens with zero attached hydrogens (tertiary/aromatic N) is 2. The maximum absolute atomic E-state index is 12.6. The summed E-state index contributed by atoms with van der Waals surface area (Å²) in [5.41, 5.74) is 5.86. The first kappa shape index (κ1) is 21.9. The normalized spacial score (nSPS) is 11.3. The fourth-order valence-electron chi connectivity index (χ4n) is 2.82. The van der Waals surface area contributed by atoms with Crippen molar-refractivity contribution in [2.45, 2.75) is 6.18 Å². The molecule has 0 bridgehead atoms. The van der Waals surface area contributed by atoms with Gasteiger partial charge in [0.25, 0.3) is 5.91 Å². The number of carbonyl (C=O) groups excluding carboxylic acids is 1. The monoisotopic (exact) mass is 435 g/mol. The van der Waals surface area contributed by atoms with Crippen molar-refractivity contribution in [3.05, 3.63) is 47.5 Å². The molecule has 1 heterocycles. The Hall–Kier alpha value is -3.76. The van der Waals surface area contributed by atoms with E-state index in [1.807, 2.05) is 0 Å². The molecule has 0 atom stereocenters. The number of fused-ring (bicyclic) bond motifs is 1. The smallest absolute Gasteiger partial charge is 0.416 e. The number of rotatable bonds is 7. The standard InChI is InChI=1S/C20H20F3N5O3/c1-30-15-9-13-14(10-16(15)31-2)27-19(28-17(13)24)26-8-7-25-18(29)11-3-5-12(6-4-11)20(21,22)23/h3-6,9-10H,7-8H2,1-2H3,(H,25,29)(H3,24,26,27,28). The summed E-state index contributed by atoms with van der Waals surface area (Å²) >= 11 is 0. The van der Waals surface area contributed by atoms with Crippen LogP contribution in [0.3, 0.4) is 0 Å². The van der Waals surface area contributed by atoms with Gasteiger partial charge in [0.05, 0.1) is 25.3 Å². The average molecular weight is 435 g/mol. The minimum absolute atomic E-state index is 0.125. The molecule has 0 fully saturated rings. The van der Waals surface area contributed by atoms with Gasteiger partial charge in [0, 0.05) is 30.1 Å². The molecule has 31 heavy (non-hydrogen) atoms. The van der Waals surface area contributed by atoms with E-state index in [1.54, 1.807) is 12.1 Å². The maximum Gasteiger partial charge on any atom is 0.416 e. The Labute approximate surface area is 175 Å². The van der Waals surface area contributed by atoms with Crippen LogP contribution in [-0.4, -0.2) is 43.2 Å². The fraction of sp³-hybridized carbons (Fsp3) is 0.250. The van der Waals surface area contributed by atoms with Gasteiger partial charge in [-0.05, 0) is 30.3 Å². The Morgan fingerprint density at radius 2 is 1.68 bits per heavy atom. The van der Waals surface area contributed by atoms with Crippen LogP contribution in [0.15, 0.2) is 36.4 Å². The number of aromatic nitrogens is 2. The highest BCUT2D eigenvalue weighted by atomic mass is 19.4. The maximum atomic E-state index is 12.6. The van der Waals surface area contributed by atoms with Gasteiger partial charge >= 0.3 is 6.18 Å². The topological polar surface area (TPSA) is 111 Å². The number of benzene rings is 2. The molecule has 3 aromatic rings. The van der Waals surface area contributed by atoms with Crippen LogP contribution in [0.25, 0.3) is 10.9 Å². The highest BCUT2D eigenvalue weighted by Crippen LogP contribution is 2.33. The lowest BCUT2D eigenvalue weighted by atomic mass is 10.1. The van der Waals surface area contributed by atoms with Crippen LogP contribution >= 0.6 is 0 Å². The Balaban J connectivity index is 1.60. The number of nitrogen functional groups attached to an aromatic ring is 1. The molecule has 2 aromatic carbocycles. The summed E-state index contributed by atoms with van der Waals surface area (Å²) < 4.78 is 48.3. The molecular formula is C20H20F3N5O3. The van der Waals surface area contributed by atoms with Crippen molar-refractivity contribution in [3.8, 4) is 11.5 Å². The van der Waals surface area contributed by atoms with Gasteiger partial charge in [0.2, 0.25) is 5.95 Å². The van der Waals surface area contributed by atoms with Gasteiger partial charge in [0.1, 0.15) is 5.82 Å². The second-order valence-corrected chi connectivity index (χ2v) is 6.41. The average Bonchev–Trinajstić information content (AvgIpc) is 2.75. The van der Waals surface area contributed by atoms with Crippen molar-refractivity contribution in [3.63, 3.8) is 0 Å². The molecule has 1 amide bonds. The van der Waals surface area contributed by atoms with Crippen LogP contribution < -0.4 is 25.8 Å². The summed E-state index contributed by atoms with van der Waals surface area (Å²) in [5.74, 6) is 0.981. The third-order valence-electron chi connectivity index (χ3n) is 4.40. The molecule has 0 aliphatic heterocycles. The molecule has 11 heteroatoms. The number of hydrogen-bond acceptors (Lipinski definition) is 7. The van der Waals surface area contributed by atoms with Crippen molar-refractivity contribution >= 4 is 28.6 Å². The van der Waals surface area contributed by atoms with Crippen LogP contribution in [0, 0.1) is 0 Å². The van der Waals surface area contributed by atoms with Gasteiger partial charge in [-0.1, -0.05) is 0 Å². The SMILES string of the molecule is COc1cc2nc(NCCNC(=O)c3ccc(C(F)(F)F)cc3)nc(N)c2cc1OC. The van der Waals surface area contributed by atoms with Gasteiger partial charge in [-0.25, -0.2) is 4.98 Å². The molecule has 0 aliphatic rings. The first-order valence-corrected chi connectivity index (χ1v) is 9.11. The zero-order valence-corrected chi connectivity index (χ0v) is 16.7. The molecule has 8 nitrogen and oxygen atoms in total. The van der Waals surface area contributed by atoms with Gasteiger partial charge < -0.3 is 25.8 Å². The summed E-state index contributed by atoms with van der Waals surface area (Å²) in [6.45, 7) is 0.456. The van der Waals surface area contributed by atoms with E-state index in [1.165, 1.54) is 14.2 Å². The summed E-state index contributed by atoms with van der Waals surface area (Å²) in [5, 5.41) is 6.14. The number of amides is 1. The van der Waals surface area contributed by atoms with Gasteiger partial charge in [-0.15, -0.1) is 0 Å². The van der Waals surface area contributed by atoms with E-state index in [0.717, 1.165) is 24.3 Å². The van der Waals surface area contributed by atoms with E-state index in [0.29, 0.717) is 22.4 Å². The van der Waals surface area contributed by atoms with E-state index >= 15 is 0 Å². The van der Waals surface area contributed by atoms with E-state index in [-0.39, 0.29) is 30.4 Å². The van der Waals surface area contributed by atoms with Gasteiger partial charge in [0.15, 0.2) is 11.5 Å². The molecule has 0 saturated heterocycles. The second kappa shape index (κ2) is 8.94.